The summed E-state index contributed by atoms with van der Waals surface area (Å²) in [5.74, 6) is 0.734. The quantitative estimate of drug-likeness (QED) is 0.851. The van der Waals surface area contributed by atoms with Crippen molar-refractivity contribution in [1.82, 2.24) is 10.2 Å². The van der Waals surface area contributed by atoms with Gasteiger partial charge in [0.25, 0.3) is 0 Å². The highest BCUT2D eigenvalue weighted by molar-refractivity contribution is 9.13. The van der Waals surface area contributed by atoms with Crippen LogP contribution in [0.1, 0.15) is 24.3 Å². The molecule has 1 saturated heterocycles. The molecule has 2 rings (SSSR count). The Labute approximate surface area is 124 Å². The highest BCUT2D eigenvalue weighted by atomic mass is 79.9. The topological polar surface area (TPSA) is 15.3 Å². The van der Waals surface area contributed by atoms with E-state index < -0.39 is 0 Å². The highest BCUT2D eigenvalue weighted by Crippen LogP contribution is 2.43. The third-order valence-electron chi connectivity index (χ3n) is 3.39. The summed E-state index contributed by atoms with van der Waals surface area (Å²) in [5, 5.41) is 3.49. The van der Waals surface area contributed by atoms with E-state index in [1.165, 1.54) is 26.1 Å². The first-order chi connectivity index (χ1) is 8.13. The smallest absolute Gasteiger partial charge is 0.0843 e. The maximum atomic E-state index is 3.59. The van der Waals surface area contributed by atoms with Gasteiger partial charge in [0.2, 0.25) is 0 Å². The molecule has 1 fully saturated rings. The van der Waals surface area contributed by atoms with Crippen LogP contribution in [0.2, 0.25) is 0 Å². The third-order valence-corrected chi connectivity index (χ3v) is 6.71. The molecule has 0 amide bonds. The first-order valence-corrected chi connectivity index (χ1v) is 8.39. The Balaban J connectivity index is 2.15. The predicted octanol–water partition coefficient (Wildman–Crippen LogP) is 3.88. The summed E-state index contributed by atoms with van der Waals surface area (Å²) in [6.45, 7) is 5.56. The molecule has 0 bridgehead atoms. The zero-order valence-corrected chi connectivity index (χ0v) is 14.2. The maximum absolute atomic E-state index is 3.59. The summed E-state index contributed by atoms with van der Waals surface area (Å²) >= 11 is 9.03. The van der Waals surface area contributed by atoms with Crippen LogP contribution in [0.15, 0.2) is 14.3 Å². The van der Waals surface area contributed by atoms with E-state index >= 15 is 0 Å². The van der Waals surface area contributed by atoms with Crippen LogP contribution in [-0.4, -0.2) is 31.6 Å². The summed E-state index contributed by atoms with van der Waals surface area (Å²) in [4.78, 5) is 3.94. The van der Waals surface area contributed by atoms with Crippen molar-refractivity contribution < 1.29 is 0 Å². The molecule has 0 radical (unpaired) electrons. The molecule has 96 valence electrons. The van der Waals surface area contributed by atoms with Gasteiger partial charge in [0, 0.05) is 15.4 Å². The molecule has 0 saturated carbocycles. The molecule has 0 aliphatic carbocycles. The molecule has 0 aromatic carbocycles. The molecule has 0 spiro atoms. The van der Waals surface area contributed by atoms with Gasteiger partial charge in [0.15, 0.2) is 0 Å². The van der Waals surface area contributed by atoms with Crippen LogP contribution in [0.5, 0.6) is 0 Å². The molecule has 2 heterocycles. The lowest BCUT2D eigenvalue weighted by Gasteiger charge is -2.24. The number of nitrogens with zero attached hydrogens (tertiary/aromatic N) is 1. The van der Waals surface area contributed by atoms with Gasteiger partial charge >= 0.3 is 0 Å². The lowest BCUT2D eigenvalue weighted by molar-refractivity contribution is 0.277. The van der Waals surface area contributed by atoms with Crippen molar-refractivity contribution >= 4 is 43.2 Å². The van der Waals surface area contributed by atoms with E-state index in [2.05, 4.69) is 62.1 Å². The van der Waals surface area contributed by atoms with Crippen molar-refractivity contribution in [1.29, 1.82) is 0 Å². The van der Waals surface area contributed by atoms with Crippen molar-refractivity contribution in [2.75, 3.05) is 26.7 Å². The minimum Gasteiger partial charge on any atom is -0.317 e. The van der Waals surface area contributed by atoms with Crippen molar-refractivity contribution in [2.45, 2.75) is 19.4 Å². The van der Waals surface area contributed by atoms with Crippen LogP contribution in [0.25, 0.3) is 0 Å². The van der Waals surface area contributed by atoms with Gasteiger partial charge in [-0.3, -0.25) is 4.90 Å². The second kappa shape index (κ2) is 6.15. The maximum Gasteiger partial charge on any atom is 0.0843 e. The average Bonchev–Trinajstić information content (AvgIpc) is 2.80. The lowest BCUT2D eigenvalue weighted by Crippen LogP contribution is -2.27. The Kier molecular flexibility index (Phi) is 5.06. The summed E-state index contributed by atoms with van der Waals surface area (Å²) < 4.78 is 2.38. The van der Waals surface area contributed by atoms with Crippen molar-refractivity contribution in [3.05, 3.63) is 19.2 Å². The van der Waals surface area contributed by atoms with E-state index in [1.807, 2.05) is 11.3 Å². The van der Waals surface area contributed by atoms with Gasteiger partial charge in [-0.15, -0.1) is 11.3 Å². The van der Waals surface area contributed by atoms with Crippen molar-refractivity contribution in [3.63, 3.8) is 0 Å². The number of nitrogens with one attached hydrogen (secondary N) is 1. The fraction of sp³-hybridized carbons (Fsp3) is 0.667. The summed E-state index contributed by atoms with van der Waals surface area (Å²) in [6.07, 6.45) is 1.29. The summed E-state index contributed by atoms with van der Waals surface area (Å²) in [7, 11) is 2.23. The van der Waals surface area contributed by atoms with Crippen LogP contribution >= 0.6 is 43.2 Å². The Hall–Kier alpha value is 0.580. The van der Waals surface area contributed by atoms with E-state index in [9.17, 15) is 0 Å². The van der Waals surface area contributed by atoms with Gasteiger partial charge < -0.3 is 5.32 Å². The van der Waals surface area contributed by atoms with Crippen molar-refractivity contribution in [3.8, 4) is 0 Å². The molecule has 5 heteroatoms. The summed E-state index contributed by atoms with van der Waals surface area (Å²) in [5.41, 5.74) is 0. The number of rotatable bonds is 4. The van der Waals surface area contributed by atoms with Crippen LogP contribution in [0.3, 0.4) is 0 Å². The van der Waals surface area contributed by atoms with Gasteiger partial charge in [-0.05, 0) is 76.9 Å². The molecule has 17 heavy (non-hydrogen) atoms. The fourth-order valence-corrected chi connectivity index (χ4v) is 4.88. The van der Waals surface area contributed by atoms with E-state index in [-0.39, 0.29) is 0 Å². The first-order valence-electron chi connectivity index (χ1n) is 5.99. The van der Waals surface area contributed by atoms with Gasteiger partial charge in [-0.2, -0.15) is 0 Å². The zero-order chi connectivity index (χ0) is 12.4. The van der Waals surface area contributed by atoms with E-state index in [1.54, 1.807) is 0 Å². The second-order valence-corrected chi connectivity index (χ2v) is 7.81. The highest BCUT2D eigenvalue weighted by Gasteiger charge is 2.33. The Morgan fingerprint density at radius 1 is 1.53 bits per heavy atom. The lowest BCUT2D eigenvalue weighted by atomic mass is 9.99. The molecule has 1 aliphatic rings. The average molecular weight is 382 g/mol. The molecule has 2 atom stereocenters. The minimum absolute atomic E-state index is 0.571. The van der Waals surface area contributed by atoms with Crippen LogP contribution < -0.4 is 5.32 Å². The third kappa shape index (κ3) is 3.13. The SMILES string of the molecule is CCNCC1CCN(C)C1c1cc(Br)c(Br)s1. The Morgan fingerprint density at radius 2 is 2.29 bits per heavy atom. The minimum atomic E-state index is 0.571. The predicted molar refractivity (Wildman–Crippen MR) is 81.7 cm³/mol. The number of hydrogen-bond acceptors (Lipinski definition) is 3. The molecular formula is C12H18Br2N2S. The monoisotopic (exact) mass is 380 g/mol. The number of hydrogen-bond donors (Lipinski definition) is 1. The Morgan fingerprint density at radius 3 is 2.88 bits per heavy atom. The van der Waals surface area contributed by atoms with E-state index in [4.69, 9.17) is 0 Å². The normalized spacial score (nSPS) is 25.6. The molecular weight excluding hydrogens is 364 g/mol. The first kappa shape index (κ1) is 14.0. The molecule has 1 aromatic heterocycles. The van der Waals surface area contributed by atoms with Gasteiger partial charge in [-0.25, -0.2) is 0 Å². The number of halogens is 2. The number of likely N-dealkylation sites (tertiary alicyclic amines) is 1. The van der Waals surface area contributed by atoms with Crippen LogP contribution in [0, 0.1) is 5.92 Å². The zero-order valence-electron chi connectivity index (χ0n) is 10.2. The molecule has 2 unspecified atom stereocenters. The number of thiophene rings is 1. The standard InChI is InChI=1S/C12H18Br2N2S/c1-3-15-7-8-4-5-16(2)11(8)10-6-9(13)12(14)17-10/h6,8,11,15H,3-5,7H2,1-2H3. The van der Waals surface area contributed by atoms with Crippen LogP contribution in [-0.2, 0) is 0 Å². The van der Waals surface area contributed by atoms with Crippen LogP contribution in [0.4, 0.5) is 0 Å². The molecule has 1 aliphatic heterocycles. The molecule has 1 aromatic rings. The molecule has 2 nitrogen and oxygen atoms in total. The summed E-state index contributed by atoms with van der Waals surface area (Å²) in [6, 6.07) is 2.84. The van der Waals surface area contributed by atoms with Crippen molar-refractivity contribution in [2.24, 2.45) is 5.92 Å². The van der Waals surface area contributed by atoms with E-state index in [0.29, 0.717) is 6.04 Å². The molecule has 1 N–H and O–H groups in total. The van der Waals surface area contributed by atoms with Gasteiger partial charge in [0.1, 0.15) is 0 Å². The fourth-order valence-electron chi connectivity index (χ4n) is 2.53. The van der Waals surface area contributed by atoms with Gasteiger partial charge in [-0.1, -0.05) is 6.92 Å². The van der Waals surface area contributed by atoms with E-state index in [0.717, 1.165) is 19.0 Å². The second-order valence-electron chi connectivity index (χ2n) is 4.55. The van der Waals surface area contributed by atoms with Gasteiger partial charge in [0.05, 0.1) is 3.79 Å². The Bertz CT molecular complexity index is 361. The largest absolute Gasteiger partial charge is 0.317 e.